The molecule has 3 aromatic carbocycles. The zero-order chi connectivity index (χ0) is 27.9. The fourth-order valence-electron chi connectivity index (χ4n) is 3.75. The van der Waals surface area contributed by atoms with Crippen LogP contribution < -0.4 is 9.62 Å². The molecule has 38 heavy (non-hydrogen) atoms. The lowest BCUT2D eigenvalue weighted by molar-refractivity contribution is -0.139. The Labute approximate surface area is 234 Å². The minimum atomic E-state index is -4.19. The average Bonchev–Trinajstić information content (AvgIpc) is 2.88. The van der Waals surface area contributed by atoms with Gasteiger partial charge in [-0.1, -0.05) is 85.6 Å². The number of nitrogens with one attached hydrogen (secondary N) is 1. The molecule has 0 aliphatic heterocycles. The number of amides is 2. The highest BCUT2D eigenvalue weighted by Gasteiger charge is 2.32. The van der Waals surface area contributed by atoms with Gasteiger partial charge in [0.2, 0.25) is 11.8 Å². The molecule has 0 spiro atoms. The number of anilines is 1. The summed E-state index contributed by atoms with van der Waals surface area (Å²) in [4.78, 5) is 28.2. The minimum absolute atomic E-state index is 0.00114. The third-order valence-electron chi connectivity index (χ3n) is 5.79. The molecular weight excluding hydrogens is 545 g/mol. The van der Waals surface area contributed by atoms with Crippen LogP contribution in [0.5, 0.6) is 0 Å². The van der Waals surface area contributed by atoms with E-state index in [0.717, 1.165) is 9.87 Å². The van der Waals surface area contributed by atoms with Crippen molar-refractivity contribution in [3.05, 3.63) is 94.5 Å². The first-order chi connectivity index (χ1) is 18.0. The van der Waals surface area contributed by atoms with Crippen LogP contribution in [0.15, 0.2) is 83.8 Å². The second kappa shape index (κ2) is 13.1. The minimum Gasteiger partial charge on any atom is -0.354 e. The van der Waals surface area contributed by atoms with Gasteiger partial charge in [0.05, 0.1) is 10.6 Å². The number of halogens is 2. The monoisotopic (exact) mass is 575 g/mol. The van der Waals surface area contributed by atoms with Crippen LogP contribution in [0.2, 0.25) is 10.0 Å². The van der Waals surface area contributed by atoms with E-state index in [1.165, 1.54) is 35.2 Å². The largest absolute Gasteiger partial charge is 0.354 e. The van der Waals surface area contributed by atoms with Crippen molar-refractivity contribution < 1.29 is 18.0 Å². The highest BCUT2D eigenvalue weighted by atomic mass is 35.5. The lowest BCUT2D eigenvalue weighted by Gasteiger charge is -2.32. The van der Waals surface area contributed by atoms with Crippen molar-refractivity contribution >= 4 is 50.7 Å². The van der Waals surface area contributed by atoms with Crippen LogP contribution in [0.1, 0.15) is 26.3 Å². The maximum Gasteiger partial charge on any atom is 0.264 e. The fourth-order valence-corrected chi connectivity index (χ4v) is 5.68. The summed E-state index contributed by atoms with van der Waals surface area (Å²) in [5.41, 5.74) is 0.934. The lowest BCUT2D eigenvalue weighted by Crippen LogP contribution is -2.51. The molecule has 0 saturated heterocycles. The van der Waals surface area contributed by atoms with Crippen molar-refractivity contribution in [3.8, 4) is 0 Å². The number of nitrogens with zero attached hydrogens (tertiary/aromatic N) is 2. The summed E-state index contributed by atoms with van der Waals surface area (Å²) in [6.07, 6.45) is 0. The van der Waals surface area contributed by atoms with Gasteiger partial charge in [-0.3, -0.25) is 13.9 Å². The highest BCUT2D eigenvalue weighted by molar-refractivity contribution is 7.92. The topological polar surface area (TPSA) is 86.8 Å². The Kier molecular flexibility index (Phi) is 10.2. The van der Waals surface area contributed by atoms with E-state index in [1.807, 2.05) is 44.2 Å². The number of hydrogen-bond acceptors (Lipinski definition) is 4. The predicted octanol–water partition coefficient (Wildman–Crippen LogP) is 5.38. The molecule has 2 amide bonds. The van der Waals surface area contributed by atoms with Crippen molar-refractivity contribution in [2.24, 2.45) is 5.92 Å². The first kappa shape index (κ1) is 29.5. The molecule has 3 rings (SSSR count). The maximum atomic E-state index is 13.8. The van der Waals surface area contributed by atoms with E-state index in [-0.39, 0.29) is 39.0 Å². The van der Waals surface area contributed by atoms with Crippen molar-refractivity contribution in [2.45, 2.75) is 38.3 Å². The molecule has 0 aliphatic carbocycles. The van der Waals surface area contributed by atoms with Gasteiger partial charge in [-0.25, -0.2) is 8.42 Å². The Morgan fingerprint density at radius 3 is 1.97 bits per heavy atom. The second-order valence-corrected chi connectivity index (χ2v) is 12.0. The third-order valence-corrected chi connectivity index (χ3v) is 8.02. The molecule has 7 nitrogen and oxygen atoms in total. The molecule has 0 heterocycles. The average molecular weight is 577 g/mol. The zero-order valence-corrected chi connectivity index (χ0v) is 23.8. The summed E-state index contributed by atoms with van der Waals surface area (Å²) >= 11 is 12.4. The third kappa shape index (κ3) is 7.72. The summed E-state index contributed by atoms with van der Waals surface area (Å²) in [6, 6.07) is 20.5. The SMILES string of the molecule is CC(C)CNC(=O)C(C)N(Cc1ccccc1)C(=O)CN(c1cc(Cl)cc(Cl)c1)S(=O)(=O)c1ccccc1. The van der Waals surface area contributed by atoms with Crippen molar-refractivity contribution in [1.82, 2.24) is 10.2 Å². The van der Waals surface area contributed by atoms with Crippen LogP contribution in [-0.4, -0.2) is 44.3 Å². The summed E-state index contributed by atoms with van der Waals surface area (Å²) in [5.74, 6) is -0.661. The van der Waals surface area contributed by atoms with Gasteiger partial charge >= 0.3 is 0 Å². The zero-order valence-electron chi connectivity index (χ0n) is 21.5. The Morgan fingerprint density at radius 2 is 1.42 bits per heavy atom. The first-order valence-corrected chi connectivity index (χ1v) is 14.3. The number of benzene rings is 3. The molecule has 10 heteroatoms. The number of sulfonamides is 1. The summed E-state index contributed by atoms with van der Waals surface area (Å²) in [5, 5.41) is 3.30. The molecule has 1 unspecified atom stereocenters. The van der Waals surface area contributed by atoms with E-state index >= 15 is 0 Å². The standard InChI is InChI=1S/C28H31Cl2N3O4S/c1-20(2)17-31-28(35)21(3)32(18-22-10-6-4-7-11-22)27(34)19-33(25-15-23(29)14-24(30)16-25)38(36,37)26-12-8-5-9-13-26/h4-16,20-21H,17-19H2,1-3H3,(H,31,35). The van der Waals surface area contributed by atoms with Crippen molar-refractivity contribution in [3.63, 3.8) is 0 Å². The van der Waals surface area contributed by atoms with E-state index in [0.29, 0.717) is 6.54 Å². The highest BCUT2D eigenvalue weighted by Crippen LogP contribution is 2.30. The Morgan fingerprint density at radius 1 is 0.868 bits per heavy atom. The van der Waals surface area contributed by atoms with Gasteiger partial charge in [0.25, 0.3) is 10.0 Å². The van der Waals surface area contributed by atoms with E-state index in [1.54, 1.807) is 25.1 Å². The van der Waals surface area contributed by atoms with Crippen LogP contribution in [-0.2, 0) is 26.2 Å². The molecule has 0 bridgehead atoms. The lowest BCUT2D eigenvalue weighted by atomic mass is 10.1. The van der Waals surface area contributed by atoms with Gasteiger partial charge in [0.15, 0.2) is 0 Å². The van der Waals surface area contributed by atoms with E-state index in [9.17, 15) is 18.0 Å². The molecule has 0 aromatic heterocycles. The van der Waals surface area contributed by atoms with E-state index in [2.05, 4.69) is 5.32 Å². The Hall–Kier alpha value is -3.07. The normalized spacial score (nSPS) is 12.2. The van der Waals surface area contributed by atoms with Gasteiger partial charge in [-0.2, -0.15) is 0 Å². The van der Waals surface area contributed by atoms with Crippen LogP contribution >= 0.6 is 23.2 Å². The summed E-state index contributed by atoms with van der Waals surface area (Å²) in [7, 11) is -4.19. The predicted molar refractivity (Wildman–Crippen MR) is 152 cm³/mol. The summed E-state index contributed by atoms with van der Waals surface area (Å²) < 4.78 is 28.5. The number of rotatable bonds is 11. The van der Waals surface area contributed by atoms with Crippen LogP contribution in [0.3, 0.4) is 0 Å². The molecule has 202 valence electrons. The molecular formula is C28H31Cl2N3O4S. The van der Waals surface area contributed by atoms with Crippen LogP contribution in [0.25, 0.3) is 0 Å². The number of carbonyl (C=O) groups is 2. The quantitative estimate of drug-likeness (QED) is 0.332. The Bertz CT molecular complexity index is 1330. The maximum absolute atomic E-state index is 13.8. The molecule has 1 atom stereocenters. The molecule has 0 fully saturated rings. The molecule has 3 aromatic rings. The molecule has 0 aliphatic rings. The van der Waals surface area contributed by atoms with Gasteiger partial charge in [0.1, 0.15) is 12.6 Å². The van der Waals surface area contributed by atoms with Crippen molar-refractivity contribution in [1.29, 1.82) is 0 Å². The van der Waals surface area contributed by atoms with Gasteiger partial charge in [-0.15, -0.1) is 0 Å². The van der Waals surface area contributed by atoms with E-state index < -0.39 is 28.5 Å². The fraction of sp³-hybridized carbons (Fsp3) is 0.286. The molecule has 0 radical (unpaired) electrons. The van der Waals surface area contributed by atoms with Crippen LogP contribution in [0, 0.1) is 5.92 Å². The van der Waals surface area contributed by atoms with Gasteiger partial charge in [-0.05, 0) is 48.7 Å². The smallest absolute Gasteiger partial charge is 0.264 e. The first-order valence-electron chi connectivity index (χ1n) is 12.1. The van der Waals surface area contributed by atoms with Gasteiger partial charge < -0.3 is 10.2 Å². The molecule has 0 saturated carbocycles. The Balaban J connectivity index is 2.02. The van der Waals surface area contributed by atoms with Crippen molar-refractivity contribution in [2.75, 3.05) is 17.4 Å². The number of carbonyl (C=O) groups excluding carboxylic acids is 2. The summed E-state index contributed by atoms with van der Waals surface area (Å²) in [6.45, 7) is 5.57. The van der Waals surface area contributed by atoms with E-state index in [4.69, 9.17) is 23.2 Å². The molecule has 1 N–H and O–H groups in total. The number of hydrogen-bond donors (Lipinski definition) is 1. The van der Waals surface area contributed by atoms with Crippen LogP contribution in [0.4, 0.5) is 5.69 Å². The second-order valence-electron chi connectivity index (χ2n) is 9.27. The van der Waals surface area contributed by atoms with Gasteiger partial charge in [0, 0.05) is 23.1 Å².